The molecule has 7 heteroatoms. The van der Waals surface area contributed by atoms with Crippen molar-refractivity contribution in [2.45, 2.75) is 39.7 Å². The molecule has 0 unspecified atom stereocenters. The number of aromatic nitrogens is 1. The van der Waals surface area contributed by atoms with Crippen molar-refractivity contribution in [2.75, 3.05) is 0 Å². The minimum atomic E-state index is -0.521. The van der Waals surface area contributed by atoms with Gasteiger partial charge in [0, 0.05) is 24.9 Å². The van der Waals surface area contributed by atoms with Crippen molar-refractivity contribution in [2.24, 2.45) is 0 Å². The molecule has 1 aromatic rings. The van der Waals surface area contributed by atoms with Crippen LogP contribution in [-0.4, -0.2) is 15.3 Å². The van der Waals surface area contributed by atoms with Crippen LogP contribution in [0.25, 0.3) is 0 Å². The van der Waals surface area contributed by atoms with E-state index in [1.54, 1.807) is 6.92 Å². The number of hydrogen-bond donors (Lipinski definition) is 0. The van der Waals surface area contributed by atoms with Gasteiger partial charge in [-0.25, -0.2) is 0 Å². The van der Waals surface area contributed by atoms with Gasteiger partial charge in [-0.1, -0.05) is 6.92 Å². The summed E-state index contributed by atoms with van der Waals surface area (Å²) in [6, 6.07) is 0. The van der Waals surface area contributed by atoms with Crippen LogP contribution in [0.4, 0.5) is 5.69 Å². The van der Waals surface area contributed by atoms with E-state index in [1.807, 2.05) is 0 Å². The standard InChI is InChI=1S/C12H15BrN2O4/c1-3-9(16)5-4-6-14-7-10(15(18)19)8(2)11(13)12(14)17/h7H,3-6H2,1-2H3. The lowest BCUT2D eigenvalue weighted by atomic mass is 10.2. The number of halogens is 1. The fourth-order valence-electron chi connectivity index (χ4n) is 1.68. The third-order valence-electron chi connectivity index (χ3n) is 2.89. The zero-order valence-electron chi connectivity index (χ0n) is 10.8. The van der Waals surface area contributed by atoms with E-state index in [-0.39, 0.29) is 21.5 Å². The van der Waals surface area contributed by atoms with Crippen LogP contribution in [0.3, 0.4) is 0 Å². The number of aryl methyl sites for hydroxylation is 1. The highest BCUT2D eigenvalue weighted by molar-refractivity contribution is 9.10. The third-order valence-corrected chi connectivity index (χ3v) is 3.82. The van der Waals surface area contributed by atoms with Crippen LogP contribution in [0.1, 0.15) is 31.7 Å². The van der Waals surface area contributed by atoms with E-state index in [2.05, 4.69) is 15.9 Å². The van der Waals surface area contributed by atoms with Gasteiger partial charge in [0.25, 0.3) is 11.2 Å². The van der Waals surface area contributed by atoms with Crippen molar-refractivity contribution in [1.82, 2.24) is 4.57 Å². The highest BCUT2D eigenvalue weighted by Gasteiger charge is 2.18. The van der Waals surface area contributed by atoms with Crippen LogP contribution >= 0.6 is 15.9 Å². The van der Waals surface area contributed by atoms with Crippen molar-refractivity contribution in [3.8, 4) is 0 Å². The molecule has 1 rings (SSSR count). The Morgan fingerprint density at radius 2 is 2.16 bits per heavy atom. The van der Waals surface area contributed by atoms with E-state index in [4.69, 9.17) is 0 Å². The van der Waals surface area contributed by atoms with Crippen molar-refractivity contribution < 1.29 is 9.72 Å². The predicted octanol–water partition coefficient (Wildman–Crippen LogP) is 2.59. The molecule has 0 fully saturated rings. The zero-order chi connectivity index (χ0) is 14.6. The molecule has 0 radical (unpaired) electrons. The molecule has 6 nitrogen and oxygen atoms in total. The average Bonchev–Trinajstić information content (AvgIpc) is 2.38. The first-order chi connectivity index (χ1) is 8.88. The first-order valence-corrected chi connectivity index (χ1v) is 6.73. The second kappa shape index (κ2) is 6.60. The van der Waals surface area contributed by atoms with Crippen LogP contribution in [0, 0.1) is 17.0 Å². The Balaban J connectivity index is 2.99. The third kappa shape index (κ3) is 3.73. The topological polar surface area (TPSA) is 82.2 Å². The van der Waals surface area contributed by atoms with Crippen molar-refractivity contribution >= 4 is 27.4 Å². The number of Topliss-reactive ketones (excluding diaryl/α,β-unsaturated/α-hetero) is 1. The number of rotatable bonds is 6. The predicted molar refractivity (Wildman–Crippen MR) is 74.3 cm³/mol. The van der Waals surface area contributed by atoms with Gasteiger partial charge in [-0.2, -0.15) is 0 Å². The van der Waals surface area contributed by atoms with Gasteiger partial charge in [-0.15, -0.1) is 0 Å². The Kier molecular flexibility index (Phi) is 5.41. The summed E-state index contributed by atoms with van der Waals surface area (Å²) < 4.78 is 1.47. The Morgan fingerprint density at radius 3 is 2.68 bits per heavy atom. The molecule has 0 saturated heterocycles. The molecule has 0 aliphatic carbocycles. The van der Waals surface area contributed by atoms with E-state index < -0.39 is 4.92 Å². The lowest BCUT2D eigenvalue weighted by molar-refractivity contribution is -0.386. The van der Waals surface area contributed by atoms with Gasteiger partial charge in [0.15, 0.2) is 0 Å². The van der Waals surface area contributed by atoms with Gasteiger partial charge in [-0.05, 0) is 29.3 Å². The van der Waals surface area contributed by atoms with Gasteiger partial charge in [0.2, 0.25) is 0 Å². The van der Waals surface area contributed by atoms with Gasteiger partial charge >= 0.3 is 0 Å². The van der Waals surface area contributed by atoms with E-state index in [9.17, 15) is 19.7 Å². The first-order valence-electron chi connectivity index (χ1n) is 5.94. The van der Waals surface area contributed by atoms with Gasteiger partial charge < -0.3 is 4.57 Å². The molecule has 0 N–H and O–H groups in total. The maximum atomic E-state index is 11.9. The molecule has 0 saturated carbocycles. The monoisotopic (exact) mass is 330 g/mol. The molecule has 0 aliphatic heterocycles. The van der Waals surface area contributed by atoms with Gasteiger partial charge in [-0.3, -0.25) is 19.7 Å². The van der Waals surface area contributed by atoms with E-state index >= 15 is 0 Å². The maximum absolute atomic E-state index is 11.9. The zero-order valence-corrected chi connectivity index (χ0v) is 12.4. The Hall–Kier alpha value is -1.50. The molecule has 0 spiro atoms. The number of hydrogen-bond acceptors (Lipinski definition) is 4. The minimum absolute atomic E-state index is 0.103. The van der Waals surface area contributed by atoms with Crippen LogP contribution in [0.5, 0.6) is 0 Å². The molecular weight excluding hydrogens is 316 g/mol. The number of carbonyl (C=O) groups excluding carboxylic acids is 1. The number of carbonyl (C=O) groups is 1. The molecule has 1 aromatic heterocycles. The minimum Gasteiger partial charge on any atom is -0.308 e. The van der Waals surface area contributed by atoms with E-state index in [1.165, 1.54) is 17.7 Å². The van der Waals surface area contributed by atoms with Crippen molar-refractivity contribution in [3.63, 3.8) is 0 Å². The molecule has 104 valence electrons. The summed E-state index contributed by atoms with van der Waals surface area (Å²) in [5, 5.41) is 10.9. The number of nitro groups is 1. The molecule has 0 amide bonds. The van der Waals surface area contributed by atoms with E-state index in [0.717, 1.165) is 0 Å². The quantitative estimate of drug-likeness (QED) is 0.592. The maximum Gasteiger partial charge on any atom is 0.289 e. The average molecular weight is 331 g/mol. The summed E-state index contributed by atoms with van der Waals surface area (Å²) in [4.78, 5) is 33.5. The highest BCUT2D eigenvalue weighted by Crippen LogP contribution is 2.22. The van der Waals surface area contributed by atoms with Crippen LogP contribution in [0.15, 0.2) is 15.5 Å². The Morgan fingerprint density at radius 1 is 1.53 bits per heavy atom. The fraction of sp³-hybridized carbons (Fsp3) is 0.500. The van der Waals surface area contributed by atoms with Crippen molar-refractivity contribution in [3.05, 3.63) is 36.7 Å². The molecule has 0 aromatic carbocycles. The summed E-state index contributed by atoms with van der Waals surface area (Å²) in [5.41, 5.74) is -0.101. The summed E-state index contributed by atoms with van der Waals surface area (Å²) in [7, 11) is 0. The molecule has 0 atom stereocenters. The normalized spacial score (nSPS) is 10.5. The summed E-state index contributed by atoms with van der Waals surface area (Å²) in [5.74, 6) is 0.119. The molecule has 1 heterocycles. The SMILES string of the molecule is CCC(=O)CCCn1cc([N+](=O)[O-])c(C)c(Br)c1=O. The summed E-state index contributed by atoms with van der Waals surface area (Å²) >= 11 is 3.08. The Bertz CT molecular complexity index is 566. The largest absolute Gasteiger partial charge is 0.308 e. The van der Waals surface area contributed by atoms with Gasteiger partial charge in [0.05, 0.1) is 15.6 Å². The summed E-state index contributed by atoms with van der Waals surface area (Å²) in [6.07, 6.45) is 2.58. The molecule has 0 aliphatic rings. The van der Waals surface area contributed by atoms with Crippen LogP contribution in [-0.2, 0) is 11.3 Å². The van der Waals surface area contributed by atoms with Crippen LogP contribution < -0.4 is 5.56 Å². The van der Waals surface area contributed by atoms with Crippen LogP contribution in [0.2, 0.25) is 0 Å². The molecule has 19 heavy (non-hydrogen) atoms. The van der Waals surface area contributed by atoms with E-state index in [0.29, 0.717) is 31.4 Å². The summed E-state index contributed by atoms with van der Waals surface area (Å²) in [6.45, 7) is 3.60. The second-order valence-electron chi connectivity index (χ2n) is 4.20. The van der Waals surface area contributed by atoms with Gasteiger partial charge in [0.1, 0.15) is 5.78 Å². The number of pyridine rings is 1. The number of ketones is 1. The lowest BCUT2D eigenvalue weighted by Crippen LogP contribution is -2.22. The number of nitrogens with zero attached hydrogens (tertiary/aromatic N) is 2. The molecule has 0 bridgehead atoms. The Labute approximate surface area is 118 Å². The molecular formula is C12H15BrN2O4. The highest BCUT2D eigenvalue weighted by atomic mass is 79.9. The fourth-order valence-corrected chi connectivity index (χ4v) is 2.11. The lowest BCUT2D eigenvalue weighted by Gasteiger charge is -2.08. The smallest absolute Gasteiger partial charge is 0.289 e. The van der Waals surface area contributed by atoms with Crippen molar-refractivity contribution in [1.29, 1.82) is 0 Å². The second-order valence-corrected chi connectivity index (χ2v) is 5.00. The first kappa shape index (κ1) is 15.6.